The molecule has 2 rings (SSSR count). The van der Waals surface area contributed by atoms with Gasteiger partial charge in [-0.2, -0.15) is 0 Å². The van der Waals surface area contributed by atoms with Gasteiger partial charge in [-0.25, -0.2) is 0 Å². The van der Waals surface area contributed by atoms with E-state index in [1.54, 1.807) is 18.9 Å². The molecule has 0 saturated heterocycles. The highest BCUT2D eigenvalue weighted by molar-refractivity contribution is 7.99. The van der Waals surface area contributed by atoms with Crippen LogP contribution < -0.4 is 5.32 Å². The maximum atomic E-state index is 11.9. The molecule has 1 heterocycles. The van der Waals surface area contributed by atoms with Crippen LogP contribution >= 0.6 is 34.7 Å². The van der Waals surface area contributed by atoms with E-state index in [9.17, 15) is 4.79 Å². The van der Waals surface area contributed by atoms with Crippen LogP contribution in [0, 0.1) is 0 Å². The molecule has 0 fully saturated rings. The summed E-state index contributed by atoms with van der Waals surface area (Å²) in [5.41, 5.74) is 1.23. The number of hydrogen-bond donors (Lipinski definition) is 1. The van der Waals surface area contributed by atoms with E-state index in [0.29, 0.717) is 12.3 Å². The Morgan fingerprint density at radius 2 is 2.09 bits per heavy atom. The van der Waals surface area contributed by atoms with E-state index in [-0.39, 0.29) is 12.0 Å². The number of thioether (sulfide) groups is 1. The van der Waals surface area contributed by atoms with Crippen molar-refractivity contribution in [2.45, 2.75) is 11.9 Å². The van der Waals surface area contributed by atoms with E-state index in [2.05, 4.69) is 17.4 Å². The molecule has 1 aromatic heterocycles. The quantitative estimate of drug-likeness (QED) is 0.773. The molecule has 1 atom stereocenters. The van der Waals surface area contributed by atoms with Gasteiger partial charge in [0.05, 0.1) is 10.1 Å². The third kappa shape index (κ3) is 5.65. The normalized spacial score (nSPS) is 12.1. The number of ether oxygens (including phenoxy) is 1. The minimum Gasteiger partial charge on any atom is -0.374 e. The summed E-state index contributed by atoms with van der Waals surface area (Å²) in [6.07, 6.45) is -0.152. The van der Waals surface area contributed by atoms with Gasteiger partial charge in [-0.3, -0.25) is 4.79 Å². The maximum absolute atomic E-state index is 11.9. The van der Waals surface area contributed by atoms with E-state index in [4.69, 9.17) is 16.3 Å². The van der Waals surface area contributed by atoms with Crippen LogP contribution in [0.4, 0.5) is 0 Å². The van der Waals surface area contributed by atoms with Crippen molar-refractivity contribution in [2.75, 3.05) is 19.4 Å². The van der Waals surface area contributed by atoms with Crippen LogP contribution in [-0.4, -0.2) is 25.3 Å². The molecule has 22 heavy (non-hydrogen) atoms. The summed E-state index contributed by atoms with van der Waals surface area (Å²) < 4.78 is 6.13. The van der Waals surface area contributed by atoms with E-state index >= 15 is 0 Å². The monoisotopic (exact) mass is 355 g/mol. The molecule has 3 nitrogen and oxygen atoms in total. The van der Waals surface area contributed by atoms with E-state index in [0.717, 1.165) is 15.0 Å². The molecule has 0 spiro atoms. The number of thiophene rings is 1. The van der Waals surface area contributed by atoms with Gasteiger partial charge in [0, 0.05) is 24.3 Å². The average molecular weight is 356 g/mol. The number of carbonyl (C=O) groups excluding carboxylic acids is 1. The van der Waals surface area contributed by atoms with Gasteiger partial charge in [0.25, 0.3) is 0 Å². The van der Waals surface area contributed by atoms with Crippen LogP contribution in [0.2, 0.25) is 4.34 Å². The van der Waals surface area contributed by atoms with Crippen LogP contribution in [0.25, 0.3) is 0 Å². The second-order valence-electron chi connectivity index (χ2n) is 4.65. The van der Waals surface area contributed by atoms with Crippen LogP contribution in [0.3, 0.4) is 0 Å². The van der Waals surface area contributed by atoms with E-state index < -0.39 is 0 Å². The average Bonchev–Trinajstić information content (AvgIpc) is 2.95. The molecule has 0 saturated carbocycles. The lowest BCUT2D eigenvalue weighted by molar-refractivity contribution is -0.119. The van der Waals surface area contributed by atoms with Gasteiger partial charge in [0.15, 0.2) is 0 Å². The lowest BCUT2D eigenvalue weighted by Gasteiger charge is -2.14. The number of hydrogen-bond acceptors (Lipinski definition) is 4. The predicted octanol–water partition coefficient (Wildman–Crippen LogP) is 4.14. The van der Waals surface area contributed by atoms with Gasteiger partial charge in [0.2, 0.25) is 5.91 Å². The first-order valence-corrected chi connectivity index (χ1v) is 9.20. The lowest BCUT2D eigenvalue weighted by Crippen LogP contribution is -2.30. The summed E-state index contributed by atoms with van der Waals surface area (Å²) in [5, 5.41) is 2.91. The Morgan fingerprint density at radius 1 is 1.32 bits per heavy atom. The Hall–Kier alpha value is -1.01. The van der Waals surface area contributed by atoms with Crippen molar-refractivity contribution in [3.05, 3.63) is 57.2 Å². The smallest absolute Gasteiger partial charge is 0.230 e. The topological polar surface area (TPSA) is 38.3 Å². The van der Waals surface area contributed by atoms with Gasteiger partial charge in [-0.1, -0.05) is 41.9 Å². The number of halogens is 1. The molecule has 0 bridgehead atoms. The summed E-state index contributed by atoms with van der Waals surface area (Å²) in [5.74, 6) is 1.30. The molecule has 0 radical (unpaired) electrons. The second kappa shape index (κ2) is 9.20. The third-order valence-corrected chi connectivity index (χ3v) is 5.35. The summed E-state index contributed by atoms with van der Waals surface area (Å²) >= 11 is 9.00. The molecule has 0 aliphatic rings. The molecule has 2 aromatic rings. The molecular weight excluding hydrogens is 338 g/mol. The van der Waals surface area contributed by atoms with Gasteiger partial charge in [-0.15, -0.1) is 23.1 Å². The Morgan fingerprint density at radius 3 is 2.73 bits per heavy atom. The molecule has 1 amide bonds. The highest BCUT2D eigenvalue weighted by atomic mass is 35.5. The number of amides is 1. The molecule has 6 heteroatoms. The SMILES string of the molecule is CO[C@@H](CNC(=O)CSCc1ccccc1)c1ccc(Cl)s1. The van der Waals surface area contributed by atoms with Crippen LogP contribution in [0.15, 0.2) is 42.5 Å². The van der Waals surface area contributed by atoms with Gasteiger partial charge < -0.3 is 10.1 Å². The number of carbonyl (C=O) groups is 1. The third-order valence-electron chi connectivity index (χ3n) is 3.03. The Balaban J connectivity index is 1.70. The molecular formula is C16H18ClNO2S2. The van der Waals surface area contributed by atoms with Gasteiger partial charge in [0.1, 0.15) is 6.10 Å². The van der Waals surface area contributed by atoms with Crippen LogP contribution in [-0.2, 0) is 15.3 Å². The zero-order chi connectivity index (χ0) is 15.8. The summed E-state index contributed by atoms with van der Waals surface area (Å²) in [7, 11) is 1.63. The molecule has 0 aliphatic heterocycles. The van der Waals surface area contributed by atoms with E-state index in [1.165, 1.54) is 16.9 Å². The highest BCUT2D eigenvalue weighted by Gasteiger charge is 2.14. The van der Waals surface area contributed by atoms with Crippen molar-refractivity contribution in [1.82, 2.24) is 5.32 Å². The Bertz CT molecular complexity index is 589. The number of nitrogens with one attached hydrogen (secondary N) is 1. The zero-order valence-electron chi connectivity index (χ0n) is 12.3. The lowest BCUT2D eigenvalue weighted by atomic mass is 10.2. The minimum atomic E-state index is -0.152. The van der Waals surface area contributed by atoms with Crippen molar-refractivity contribution >= 4 is 40.6 Å². The van der Waals surface area contributed by atoms with Crippen molar-refractivity contribution in [3.63, 3.8) is 0 Å². The van der Waals surface area contributed by atoms with Crippen LogP contribution in [0.5, 0.6) is 0 Å². The first-order valence-electron chi connectivity index (χ1n) is 6.85. The largest absolute Gasteiger partial charge is 0.374 e. The summed E-state index contributed by atoms with van der Waals surface area (Å²) in [4.78, 5) is 12.9. The predicted molar refractivity (Wildman–Crippen MR) is 94.7 cm³/mol. The van der Waals surface area contributed by atoms with E-state index in [1.807, 2.05) is 30.3 Å². The van der Waals surface area contributed by atoms with Crippen molar-refractivity contribution in [2.24, 2.45) is 0 Å². The molecule has 118 valence electrons. The zero-order valence-corrected chi connectivity index (χ0v) is 14.6. The first-order chi connectivity index (χ1) is 10.7. The number of rotatable bonds is 8. The summed E-state index contributed by atoms with van der Waals surface area (Å²) in [6, 6.07) is 13.9. The molecule has 1 N–H and O–H groups in total. The summed E-state index contributed by atoms with van der Waals surface area (Å²) in [6.45, 7) is 0.456. The van der Waals surface area contributed by atoms with Crippen LogP contribution in [0.1, 0.15) is 16.5 Å². The first kappa shape index (κ1) is 17.3. The fourth-order valence-electron chi connectivity index (χ4n) is 1.89. The van der Waals surface area contributed by atoms with Gasteiger partial charge in [-0.05, 0) is 17.7 Å². The molecule has 1 aromatic carbocycles. The number of methoxy groups -OCH3 is 1. The van der Waals surface area contributed by atoms with Crippen molar-refractivity contribution < 1.29 is 9.53 Å². The minimum absolute atomic E-state index is 0.0191. The highest BCUT2D eigenvalue weighted by Crippen LogP contribution is 2.28. The fraction of sp³-hybridized carbons (Fsp3) is 0.312. The standard InChI is InChI=1S/C16H18ClNO2S2/c1-20-13(14-7-8-15(17)22-14)9-18-16(19)11-21-10-12-5-3-2-4-6-12/h2-8,13H,9-11H2,1H3,(H,18,19)/t13-/m0/s1. The Kier molecular flexibility index (Phi) is 7.25. The van der Waals surface area contributed by atoms with Crippen molar-refractivity contribution in [1.29, 1.82) is 0 Å². The maximum Gasteiger partial charge on any atom is 0.230 e. The number of benzene rings is 1. The van der Waals surface area contributed by atoms with Gasteiger partial charge >= 0.3 is 0 Å². The van der Waals surface area contributed by atoms with Crippen molar-refractivity contribution in [3.8, 4) is 0 Å². The Labute approximate surface area is 144 Å². The second-order valence-corrected chi connectivity index (χ2v) is 7.38. The fourth-order valence-corrected chi connectivity index (χ4v) is 3.85. The molecule has 0 unspecified atom stereocenters. The molecule has 0 aliphatic carbocycles.